The zero-order chi connectivity index (χ0) is 14.5. The first-order chi connectivity index (χ1) is 9.58. The van der Waals surface area contributed by atoms with E-state index in [1.54, 1.807) is 0 Å². The number of rotatable bonds is 8. The van der Waals surface area contributed by atoms with Gasteiger partial charge in [-0.25, -0.2) is 0 Å². The molecule has 0 aliphatic heterocycles. The van der Waals surface area contributed by atoms with Crippen LogP contribution in [-0.4, -0.2) is 30.4 Å². The van der Waals surface area contributed by atoms with Gasteiger partial charge >= 0.3 is 0 Å². The fraction of sp³-hybridized carbons (Fsp3) is 0.647. The average molecular weight is 277 g/mol. The van der Waals surface area contributed by atoms with Crippen LogP contribution in [0.2, 0.25) is 0 Å². The molecule has 0 aromatic heterocycles. The lowest BCUT2D eigenvalue weighted by Gasteiger charge is -2.14. The van der Waals surface area contributed by atoms with Crippen LogP contribution in [0, 0.1) is 19.8 Å². The van der Waals surface area contributed by atoms with E-state index >= 15 is 0 Å². The molecular formula is C17H27NO2. The van der Waals surface area contributed by atoms with Gasteiger partial charge in [-0.2, -0.15) is 0 Å². The second-order valence-corrected chi connectivity index (χ2v) is 6.09. The summed E-state index contributed by atoms with van der Waals surface area (Å²) >= 11 is 0. The molecule has 1 aromatic rings. The Kier molecular flexibility index (Phi) is 5.44. The molecule has 1 aromatic carbocycles. The number of aryl methyl sites for hydroxylation is 2. The van der Waals surface area contributed by atoms with Gasteiger partial charge in [0.2, 0.25) is 0 Å². The van der Waals surface area contributed by atoms with Crippen molar-refractivity contribution in [1.82, 2.24) is 5.32 Å². The van der Waals surface area contributed by atoms with Crippen molar-refractivity contribution in [2.45, 2.75) is 52.2 Å². The van der Waals surface area contributed by atoms with Gasteiger partial charge in [0.05, 0.1) is 0 Å². The molecule has 0 spiro atoms. The van der Waals surface area contributed by atoms with Crippen molar-refractivity contribution in [3.05, 3.63) is 29.3 Å². The smallest absolute Gasteiger partial charge is 0.119 e. The minimum atomic E-state index is -0.446. The summed E-state index contributed by atoms with van der Waals surface area (Å²) in [5, 5.41) is 13.4. The summed E-state index contributed by atoms with van der Waals surface area (Å²) in [6.07, 6.45) is 3.37. The third-order valence-electron chi connectivity index (χ3n) is 3.84. The van der Waals surface area contributed by atoms with Crippen molar-refractivity contribution < 1.29 is 9.84 Å². The van der Waals surface area contributed by atoms with Gasteiger partial charge in [-0.15, -0.1) is 0 Å². The maximum atomic E-state index is 9.95. The fourth-order valence-electron chi connectivity index (χ4n) is 2.74. The van der Waals surface area contributed by atoms with E-state index in [4.69, 9.17) is 4.74 Å². The van der Waals surface area contributed by atoms with Gasteiger partial charge < -0.3 is 15.2 Å². The van der Waals surface area contributed by atoms with Crippen molar-refractivity contribution in [3.8, 4) is 5.75 Å². The molecule has 1 fully saturated rings. The molecule has 112 valence electrons. The monoisotopic (exact) mass is 277 g/mol. The molecule has 0 radical (unpaired) electrons. The van der Waals surface area contributed by atoms with E-state index in [9.17, 15) is 5.11 Å². The number of benzene rings is 1. The molecule has 2 rings (SSSR count). The van der Waals surface area contributed by atoms with E-state index in [0.29, 0.717) is 19.2 Å². The molecule has 0 bridgehead atoms. The molecule has 1 aliphatic carbocycles. The van der Waals surface area contributed by atoms with Crippen LogP contribution in [-0.2, 0) is 0 Å². The van der Waals surface area contributed by atoms with Crippen LogP contribution < -0.4 is 10.1 Å². The number of aliphatic hydroxyl groups excluding tert-OH is 1. The highest BCUT2D eigenvalue weighted by Gasteiger charge is 2.35. The van der Waals surface area contributed by atoms with Crippen LogP contribution in [0.1, 0.15) is 37.3 Å². The molecule has 2 N–H and O–H groups in total. The number of nitrogens with one attached hydrogen (secondary N) is 1. The van der Waals surface area contributed by atoms with Gasteiger partial charge in [-0.1, -0.05) is 19.4 Å². The Bertz CT molecular complexity index is 413. The van der Waals surface area contributed by atoms with E-state index in [0.717, 1.165) is 11.7 Å². The minimum absolute atomic E-state index is 0.348. The second-order valence-electron chi connectivity index (χ2n) is 6.09. The second kappa shape index (κ2) is 7.09. The quantitative estimate of drug-likeness (QED) is 0.768. The van der Waals surface area contributed by atoms with Gasteiger partial charge in [0.25, 0.3) is 0 Å². The van der Waals surface area contributed by atoms with Crippen molar-refractivity contribution in [2.75, 3.05) is 13.2 Å². The van der Waals surface area contributed by atoms with Gasteiger partial charge in [-0.3, -0.25) is 0 Å². The molecule has 20 heavy (non-hydrogen) atoms. The number of hydrogen-bond donors (Lipinski definition) is 2. The van der Waals surface area contributed by atoms with Gasteiger partial charge in [0, 0.05) is 12.6 Å². The molecule has 1 saturated carbocycles. The van der Waals surface area contributed by atoms with Gasteiger partial charge in [-0.05, 0) is 55.9 Å². The summed E-state index contributed by atoms with van der Waals surface area (Å²) in [5.41, 5.74) is 2.38. The molecule has 1 aliphatic rings. The normalized spacial score (nSPS) is 22.6. The summed E-state index contributed by atoms with van der Waals surface area (Å²) in [4.78, 5) is 0. The van der Waals surface area contributed by atoms with Crippen molar-refractivity contribution >= 4 is 0 Å². The first-order valence-corrected chi connectivity index (χ1v) is 7.71. The van der Waals surface area contributed by atoms with Crippen molar-refractivity contribution in [1.29, 1.82) is 0 Å². The Labute approximate surface area is 122 Å². The first-order valence-electron chi connectivity index (χ1n) is 7.71. The maximum Gasteiger partial charge on any atom is 0.119 e. The Balaban J connectivity index is 1.66. The predicted molar refractivity (Wildman–Crippen MR) is 82.2 cm³/mol. The molecule has 3 heteroatoms. The Morgan fingerprint density at radius 1 is 1.30 bits per heavy atom. The third kappa shape index (κ3) is 4.80. The molecule has 0 saturated heterocycles. The number of ether oxygens (including phenoxy) is 1. The molecular weight excluding hydrogens is 250 g/mol. The van der Waals surface area contributed by atoms with Crippen LogP contribution in [0.15, 0.2) is 18.2 Å². The lowest BCUT2D eigenvalue weighted by Crippen LogP contribution is -2.33. The van der Waals surface area contributed by atoms with E-state index in [-0.39, 0.29) is 0 Å². The SMILES string of the molecule is CCCC1CC1NCC(O)COc1cc(C)cc(C)c1. The Hall–Kier alpha value is -1.06. The van der Waals surface area contributed by atoms with E-state index < -0.39 is 6.10 Å². The van der Waals surface area contributed by atoms with Gasteiger partial charge in [0.15, 0.2) is 0 Å². The van der Waals surface area contributed by atoms with Crippen LogP contribution in [0.25, 0.3) is 0 Å². The molecule has 0 amide bonds. The fourth-order valence-corrected chi connectivity index (χ4v) is 2.74. The van der Waals surface area contributed by atoms with Crippen molar-refractivity contribution in [3.63, 3.8) is 0 Å². The molecule has 3 unspecified atom stereocenters. The summed E-state index contributed by atoms with van der Waals surface area (Å²) < 4.78 is 5.67. The lowest BCUT2D eigenvalue weighted by molar-refractivity contribution is 0.105. The minimum Gasteiger partial charge on any atom is -0.491 e. The lowest BCUT2D eigenvalue weighted by atomic mass is 10.1. The summed E-state index contributed by atoms with van der Waals surface area (Å²) in [6.45, 7) is 7.30. The number of aliphatic hydroxyl groups is 1. The van der Waals surface area contributed by atoms with Crippen LogP contribution in [0.5, 0.6) is 5.75 Å². The van der Waals surface area contributed by atoms with Crippen molar-refractivity contribution in [2.24, 2.45) is 5.92 Å². The predicted octanol–water partition coefficient (Wildman–Crippen LogP) is 2.82. The topological polar surface area (TPSA) is 41.5 Å². The van der Waals surface area contributed by atoms with Crippen LogP contribution in [0.3, 0.4) is 0 Å². The largest absolute Gasteiger partial charge is 0.491 e. The standard InChI is InChI=1S/C17H27NO2/c1-4-5-14-9-17(14)18-10-15(19)11-20-16-7-12(2)6-13(3)8-16/h6-8,14-15,17-19H,4-5,9-11H2,1-3H3. The summed E-state index contributed by atoms with van der Waals surface area (Å²) in [7, 11) is 0. The number of hydrogen-bond acceptors (Lipinski definition) is 3. The summed E-state index contributed by atoms with van der Waals surface area (Å²) in [6, 6.07) is 6.74. The van der Waals surface area contributed by atoms with Crippen LogP contribution >= 0.6 is 0 Å². The third-order valence-corrected chi connectivity index (χ3v) is 3.84. The van der Waals surface area contributed by atoms with E-state index in [1.807, 2.05) is 12.1 Å². The molecule has 3 nitrogen and oxygen atoms in total. The molecule has 3 atom stereocenters. The zero-order valence-electron chi connectivity index (χ0n) is 12.9. The van der Waals surface area contributed by atoms with Crippen LogP contribution in [0.4, 0.5) is 0 Å². The Morgan fingerprint density at radius 2 is 2.00 bits per heavy atom. The highest BCUT2D eigenvalue weighted by molar-refractivity contribution is 5.32. The van der Waals surface area contributed by atoms with Gasteiger partial charge in [0.1, 0.15) is 18.5 Å². The highest BCUT2D eigenvalue weighted by atomic mass is 16.5. The van der Waals surface area contributed by atoms with E-state index in [1.165, 1.54) is 30.4 Å². The first kappa shape index (κ1) is 15.3. The zero-order valence-corrected chi connectivity index (χ0v) is 12.9. The van der Waals surface area contributed by atoms with E-state index in [2.05, 4.69) is 32.2 Å². The summed E-state index contributed by atoms with van der Waals surface area (Å²) in [5.74, 6) is 1.67. The Morgan fingerprint density at radius 3 is 2.65 bits per heavy atom. The highest BCUT2D eigenvalue weighted by Crippen LogP contribution is 2.34. The average Bonchev–Trinajstić information content (AvgIpc) is 3.12. The molecule has 0 heterocycles. The maximum absolute atomic E-state index is 9.95.